The highest BCUT2D eigenvalue weighted by atomic mass is 19.1. The van der Waals surface area contributed by atoms with Crippen LogP contribution in [-0.4, -0.2) is 16.4 Å². The van der Waals surface area contributed by atoms with Crippen molar-refractivity contribution in [2.75, 3.05) is 5.32 Å². The maximum absolute atomic E-state index is 13.5. The van der Waals surface area contributed by atoms with Gasteiger partial charge in [-0.05, 0) is 32.9 Å². The van der Waals surface area contributed by atoms with Gasteiger partial charge in [-0.2, -0.15) is 0 Å². The van der Waals surface area contributed by atoms with Crippen molar-refractivity contribution in [3.8, 4) is 0 Å². The van der Waals surface area contributed by atoms with Gasteiger partial charge in [-0.1, -0.05) is 18.2 Å². The van der Waals surface area contributed by atoms with Crippen molar-refractivity contribution in [1.29, 1.82) is 0 Å². The Hall–Kier alpha value is -2.43. The number of rotatable bonds is 4. The molecule has 0 fully saturated rings. The Kier molecular flexibility index (Phi) is 4.75. The smallest absolute Gasteiger partial charge is 0.253 e. The minimum absolute atomic E-state index is 0.121. The molecule has 0 atom stereocenters. The van der Waals surface area contributed by atoms with E-state index in [1.165, 1.54) is 12.3 Å². The Bertz CT molecular complexity index is 665. The highest BCUT2D eigenvalue weighted by Crippen LogP contribution is 2.15. The summed E-state index contributed by atoms with van der Waals surface area (Å²) < 4.78 is 13.5. The summed E-state index contributed by atoms with van der Waals surface area (Å²) in [6.45, 7) is 6.22. The number of hydrogen-bond donors (Lipinski definition) is 2. The predicted molar refractivity (Wildman–Crippen MR) is 85.2 cm³/mol. The number of carbonyl (C=O) groups excluding carboxylic acids is 1. The molecule has 22 heavy (non-hydrogen) atoms. The van der Waals surface area contributed by atoms with Gasteiger partial charge in [0.15, 0.2) is 0 Å². The molecule has 0 aliphatic rings. The van der Waals surface area contributed by atoms with Crippen LogP contribution in [0.4, 0.5) is 10.1 Å². The van der Waals surface area contributed by atoms with Crippen LogP contribution in [0.25, 0.3) is 0 Å². The van der Waals surface area contributed by atoms with Crippen LogP contribution in [0.2, 0.25) is 0 Å². The van der Waals surface area contributed by atoms with Crippen molar-refractivity contribution in [3.63, 3.8) is 0 Å². The first-order valence-corrected chi connectivity index (χ1v) is 7.10. The molecule has 2 rings (SSSR count). The van der Waals surface area contributed by atoms with Crippen LogP contribution in [0.1, 0.15) is 36.7 Å². The van der Waals surface area contributed by atoms with E-state index in [1.807, 2.05) is 20.8 Å². The molecule has 2 N–H and O–H groups in total. The molecule has 116 valence electrons. The van der Waals surface area contributed by atoms with E-state index in [1.54, 1.807) is 30.5 Å². The fraction of sp³-hybridized carbons (Fsp3) is 0.294. The van der Waals surface area contributed by atoms with E-state index in [2.05, 4.69) is 15.6 Å². The first-order valence-electron chi connectivity index (χ1n) is 7.10. The summed E-state index contributed by atoms with van der Waals surface area (Å²) in [5.41, 5.74) is 1.54. The second kappa shape index (κ2) is 6.56. The van der Waals surface area contributed by atoms with Crippen LogP contribution >= 0.6 is 0 Å². The molecule has 0 aliphatic heterocycles. The standard InChI is InChI=1S/C17H20FN3O/c1-17(2,3)21-14-8-13(9-19-11-14)16(22)20-10-12-6-4-5-7-15(12)18/h4-9,11,21H,10H2,1-3H3,(H,20,22). The summed E-state index contributed by atoms with van der Waals surface area (Å²) in [7, 11) is 0. The van der Waals surface area contributed by atoms with Crippen LogP contribution in [0, 0.1) is 5.82 Å². The summed E-state index contributed by atoms with van der Waals surface area (Å²) in [5, 5.41) is 5.96. The highest BCUT2D eigenvalue weighted by molar-refractivity contribution is 5.94. The van der Waals surface area contributed by atoms with Gasteiger partial charge in [-0.25, -0.2) is 4.39 Å². The van der Waals surface area contributed by atoms with Gasteiger partial charge >= 0.3 is 0 Å². The van der Waals surface area contributed by atoms with Crippen LogP contribution in [0.5, 0.6) is 0 Å². The molecule has 1 amide bonds. The molecule has 1 heterocycles. The number of carbonyl (C=O) groups is 1. The zero-order chi connectivity index (χ0) is 16.2. The third-order valence-electron chi connectivity index (χ3n) is 2.92. The topological polar surface area (TPSA) is 54.0 Å². The molecule has 0 spiro atoms. The number of nitrogens with zero attached hydrogens (tertiary/aromatic N) is 1. The van der Waals surface area contributed by atoms with Gasteiger partial charge in [0, 0.05) is 30.0 Å². The van der Waals surface area contributed by atoms with Gasteiger partial charge in [0.1, 0.15) is 5.82 Å². The molecule has 2 aromatic rings. The van der Waals surface area contributed by atoms with Crippen molar-refractivity contribution in [2.45, 2.75) is 32.9 Å². The third kappa shape index (κ3) is 4.55. The minimum Gasteiger partial charge on any atom is -0.379 e. The summed E-state index contributed by atoms with van der Waals surface area (Å²) >= 11 is 0. The lowest BCUT2D eigenvalue weighted by Crippen LogP contribution is -2.27. The molecule has 0 unspecified atom stereocenters. The molecule has 5 heteroatoms. The minimum atomic E-state index is -0.330. The zero-order valence-corrected chi connectivity index (χ0v) is 13.0. The summed E-state index contributed by atoms with van der Waals surface area (Å²) in [4.78, 5) is 16.2. The fourth-order valence-electron chi connectivity index (χ4n) is 1.98. The van der Waals surface area contributed by atoms with Crippen molar-refractivity contribution >= 4 is 11.6 Å². The number of anilines is 1. The number of benzene rings is 1. The van der Waals surface area contributed by atoms with Crippen molar-refractivity contribution in [1.82, 2.24) is 10.3 Å². The quantitative estimate of drug-likeness (QED) is 0.910. The highest BCUT2D eigenvalue weighted by Gasteiger charge is 2.12. The Morgan fingerprint density at radius 3 is 2.64 bits per heavy atom. The van der Waals surface area contributed by atoms with Gasteiger partial charge in [-0.3, -0.25) is 9.78 Å². The number of halogens is 1. The maximum atomic E-state index is 13.5. The molecule has 0 aliphatic carbocycles. The lowest BCUT2D eigenvalue weighted by atomic mass is 10.1. The number of nitrogens with one attached hydrogen (secondary N) is 2. The molecule has 4 nitrogen and oxygen atoms in total. The zero-order valence-electron chi connectivity index (χ0n) is 13.0. The van der Waals surface area contributed by atoms with E-state index in [0.717, 1.165) is 5.69 Å². The second-order valence-corrected chi connectivity index (χ2v) is 6.11. The van der Waals surface area contributed by atoms with E-state index in [9.17, 15) is 9.18 Å². The number of aromatic nitrogens is 1. The Labute approximate surface area is 129 Å². The van der Waals surface area contributed by atoms with E-state index < -0.39 is 0 Å². The van der Waals surface area contributed by atoms with E-state index in [-0.39, 0.29) is 23.8 Å². The number of hydrogen-bond acceptors (Lipinski definition) is 3. The average molecular weight is 301 g/mol. The summed E-state index contributed by atoms with van der Waals surface area (Å²) in [6, 6.07) is 8.10. The predicted octanol–water partition coefficient (Wildman–Crippen LogP) is 3.36. The Balaban J connectivity index is 2.04. The maximum Gasteiger partial charge on any atom is 0.253 e. The van der Waals surface area contributed by atoms with Crippen molar-refractivity contribution < 1.29 is 9.18 Å². The lowest BCUT2D eigenvalue weighted by Gasteiger charge is -2.22. The fourth-order valence-corrected chi connectivity index (χ4v) is 1.98. The molecule has 0 saturated heterocycles. The van der Waals surface area contributed by atoms with E-state index in [4.69, 9.17) is 0 Å². The van der Waals surface area contributed by atoms with Crippen LogP contribution < -0.4 is 10.6 Å². The van der Waals surface area contributed by atoms with Gasteiger partial charge in [0.25, 0.3) is 5.91 Å². The largest absolute Gasteiger partial charge is 0.379 e. The van der Waals surface area contributed by atoms with Gasteiger partial charge in [0.2, 0.25) is 0 Å². The van der Waals surface area contributed by atoms with Gasteiger partial charge in [0.05, 0.1) is 11.3 Å². The number of pyridine rings is 1. The molecular formula is C17H20FN3O. The molecule has 1 aromatic heterocycles. The van der Waals surface area contributed by atoms with Crippen molar-refractivity contribution in [3.05, 3.63) is 59.7 Å². The first kappa shape index (κ1) is 15.9. The molecule has 0 radical (unpaired) electrons. The summed E-state index contributed by atoms with van der Waals surface area (Å²) in [6.07, 6.45) is 3.16. The van der Waals surface area contributed by atoms with Crippen LogP contribution in [0.3, 0.4) is 0 Å². The normalized spacial score (nSPS) is 11.1. The van der Waals surface area contributed by atoms with Crippen molar-refractivity contribution in [2.24, 2.45) is 0 Å². The average Bonchev–Trinajstić information content (AvgIpc) is 2.44. The van der Waals surface area contributed by atoms with E-state index >= 15 is 0 Å². The van der Waals surface area contributed by atoms with E-state index in [0.29, 0.717) is 11.1 Å². The molecular weight excluding hydrogens is 281 g/mol. The first-order chi connectivity index (χ1) is 10.3. The third-order valence-corrected chi connectivity index (χ3v) is 2.92. The Morgan fingerprint density at radius 1 is 1.23 bits per heavy atom. The number of amides is 1. The second-order valence-electron chi connectivity index (χ2n) is 6.11. The molecule has 1 aromatic carbocycles. The Morgan fingerprint density at radius 2 is 1.95 bits per heavy atom. The lowest BCUT2D eigenvalue weighted by molar-refractivity contribution is 0.0950. The molecule has 0 bridgehead atoms. The SMILES string of the molecule is CC(C)(C)Nc1cncc(C(=O)NCc2ccccc2F)c1. The van der Waals surface area contributed by atoms with Crippen LogP contribution in [0.15, 0.2) is 42.7 Å². The summed E-state index contributed by atoms with van der Waals surface area (Å²) in [5.74, 6) is -0.614. The van der Waals surface area contributed by atoms with Crippen LogP contribution in [-0.2, 0) is 6.54 Å². The van der Waals surface area contributed by atoms with Gasteiger partial charge < -0.3 is 10.6 Å². The van der Waals surface area contributed by atoms with Gasteiger partial charge in [-0.15, -0.1) is 0 Å². The molecule has 0 saturated carbocycles. The monoisotopic (exact) mass is 301 g/mol.